The van der Waals surface area contributed by atoms with E-state index in [1.807, 2.05) is 0 Å². The molecule has 0 amide bonds. The van der Waals surface area contributed by atoms with Crippen LogP contribution in [0, 0.1) is 13.8 Å². The molecule has 2 rings (SSSR count). The van der Waals surface area contributed by atoms with E-state index in [1.54, 1.807) is 31.4 Å². The Morgan fingerprint density at radius 2 is 1.85 bits per heavy atom. The van der Waals surface area contributed by atoms with E-state index in [-0.39, 0.29) is 6.61 Å². The molecule has 0 aliphatic carbocycles. The quantitative estimate of drug-likeness (QED) is 0.683. The predicted octanol–water partition coefficient (Wildman–Crippen LogP) is 3.85. The van der Waals surface area contributed by atoms with Gasteiger partial charge < -0.3 is 14.6 Å². The highest BCUT2D eigenvalue weighted by molar-refractivity contribution is 6.30. The molecule has 2 aromatic carbocycles. The molecule has 0 heterocycles. The van der Waals surface area contributed by atoms with Gasteiger partial charge in [-0.3, -0.25) is 4.90 Å². The molecule has 1 atom stereocenters. The van der Waals surface area contributed by atoms with E-state index in [4.69, 9.17) is 21.1 Å². The van der Waals surface area contributed by atoms with E-state index in [0.29, 0.717) is 23.9 Å². The highest BCUT2D eigenvalue weighted by atomic mass is 35.5. The van der Waals surface area contributed by atoms with E-state index in [2.05, 4.69) is 36.9 Å². The van der Waals surface area contributed by atoms with Crippen molar-refractivity contribution in [2.75, 3.05) is 33.4 Å². The Hall–Kier alpha value is -1.59. The summed E-state index contributed by atoms with van der Waals surface area (Å²) in [4.78, 5) is 2.20. The zero-order valence-corrected chi connectivity index (χ0v) is 16.5. The van der Waals surface area contributed by atoms with Crippen molar-refractivity contribution in [2.45, 2.75) is 26.5 Å². The molecule has 0 saturated heterocycles. The second-order valence-electron chi connectivity index (χ2n) is 6.58. The number of benzene rings is 2. The Labute approximate surface area is 161 Å². The number of hydrogen-bond acceptors (Lipinski definition) is 4. The molecule has 0 saturated carbocycles. The van der Waals surface area contributed by atoms with Gasteiger partial charge in [0.05, 0.1) is 6.61 Å². The van der Waals surface area contributed by atoms with Crippen LogP contribution in [-0.2, 0) is 11.3 Å². The van der Waals surface area contributed by atoms with Crippen LogP contribution in [0.4, 0.5) is 0 Å². The molecule has 26 heavy (non-hydrogen) atoms. The third-order valence-electron chi connectivity index (χ3n) is 4.24. The zero-order chi connectivity index (χ0) is 18.9. The second-order valence-corrected chi connectivity index (χ2v) is 7.01. The Bertz CT molecular complexity index is 675. The number of aliphatic hydroxyl groups is 1. The van der Waals surface area contributed by atoms with Crippen LogP contribution >= 0.6 is 11.6 Å². The molecule has 0 fully saturated rings. The van der Waals surface area contributed by atoms with Crippen molar-refractivity contribution < 1.29 is 14.6 Å². The molecule has 2 aromatic rings. The number of aryl methyl sites for hydroxylation is 2. The largest absolute Gasteiger partial charge is 0.491 e. The number of nitrogens with zero attached hydrogens (tertiary/aromatic N) is 1. The molecule has 0 radical (unpaired) electrons. The van der Waals surface area contributed by atoms with Crippen LogP contribution < -0.4 is 4.74 Å². The summed E-state index contributed by atoms with van der Waals surface area (Å²) in [7, 11) is 1.69. The second kappa shape index (κ2) is 10.5. The summed E-state index contributed by atoms with van der Waals surface area (Å²) in [5, 5.41) is 11.1. The van der Waals surface area contributed by atoms with Gasteiger partial charge in [0.1, 0.15) is 18.5 Å². The summed E-state index contributed by atoms with van der Waals surface area (Å²) >= 11 is 5.87. The predicted molar refractivity (Wildman–Crippen MR) is 106 cm³/mol. The summed E-state index contributed by atoms with van der Waals surface area (Å²) in [6, 6.07) is 13.6. The van der Waals surface area contributed by atoms with Gasteiger partial charge >= 0.3 is 0 Å². The van der Waals surface area contributed by atoms with Crippen LogP contribution in [0.3, 0.4) is 0 Å². The van der Waals surface area contributed by atoms with Gasteiger partial charge in [0.15, 0.2) is 0 Å². The van der Waals surface area contributed by atoms with Crippen molar-refractivity contribution in [2.24, 2.45) is 0 Å². The molecule has 0 unspecified atom stereocenters. The van der Waals surface area contributed by atoms with Crippen molar-refractivity contribution in [3.8, 4) is 5.75 Å². The first-order chi connectivity index (χ1) is 12.5. The Morgan fingerprint density at radius 1 is 1.12 bits per heavy atom. The lowest BCUT2D eigenvalue weighted by molar-refractivity contribution is 0.0541. The van der Waals surface area contributed by atoms with Gasteiger partial charge in [-0.1, -0.05) is 35.4 Å². The van der Waals surface area contributed by atoms with Crippen LogP contribution in [0.1, 0.15) is 16.7 Å². The Morgan fingerprint density at radius 3 is 2.54 bits per heavy atom. The van der Waals surface area contributed by atoms with Gasteiger partial charge in [-0.25, -0.2) is 0 Å². The van der Waals surface area contributed by atoms with Crippen molar-refractivity contribution in [3.63, 3.8) is 0 Å². The lowest BCUT2D eigenvalue weighted by Crippen LogP contribution is -2.37. The van der Waals surface area contributed by atoms with Gasteiger partial charge in [0.2, 0.25) is 0 Å². The average molecular weight is 378 g/mol. The highest BCUT2D eigenvalue weighted by Gasteiger charge is 2.14. The minimum Gasteiger partial charge on any atom is -0.491 e. The fraction of sp³-hybridized carbons (Fsp3) is 0.429. The summed E-state index contributed by atoms with van der Waals surface area (Å²) in [6.45, 7) is 7.11. The van der Waals surface area contributed by atoms with Gasteiger partial charge in [0, 0.05) is 31.8 Å². The number of hydrogen-bond donors (Lipinski definition) is 1. The van der Waals surface area contributed by atoms with Gasteiger partial charge in [-0.15, -0.1) is 0 Å². The van der Waals surface area contributed by atoms with Crippen molar-refractivity contribution in [1.82, 2.24) is 4.90 Å². The van der Waals surface area contributed by atoms with Crippen LogP contribution in [0.15, 0.2) is 42.5 Å². The molecule has 0 aromatic heterocycles. The fourth-order valence-corrected chi connectivity index (χ4v) is 2.87. The average Bonchev–Trinajstić information content (AvgIpc) is 2.62. The van der Waals surface area contributed by atoms with Crippen LogP contribution in [0.25, 0.3) is 0 Å². The molecule has 0 spiro atoms. The third-order valence-corrected chi connectivity index (χ3v) is 4.49. The maximum atomic E-state index is 10.4. The number of aliphatic hydroxyl groups excluding tert-OH is 1. The first-order valence-electron chi connectivity index (χ1n) is 8.82. The molecular formula is C21H28ClNO3. The topological polar surface area (TPSA) is 41.9 Å². The van der Waals surface area contributed by atoms with Gasteiger partial charge in [-0.2, -0.15) is 0 Å². The maximum Gasteiger partial charge on any atom is 0.119 e. The summed E-state index contributed by atoms with van der Waals surface area (Å²) in [6.07, 6.45) is -0.590. The van der Waals surface area contributed by atoms with E-state index in [9.17, 15) is 5.11 Å². The molecule has 4 nitrogen and oxygen atoms in total. The van der Waals surface area contributed by atoms with E-state index in [0.717, 1.165) is 13.1 Å². The number of halogens is 1. The Kier molecular flexibility index (Phi) is 8.39. The molecular weight excluding hydrogens is 350 g/mol. The third kappa shape index (κ3) is 6.96. The van der Waals surface area contributed by atoms with E-state index >= 15 is 0 Å². The van der Waals surface area contributed by atoms with Crippen LogP contribution in [0.5, 0.6) is 5.75 Å². The van der Waals surface area contributed by atoms with E-state index < -0.39 is 6.10 Å². The smallest absolute Gasteiger partial charge is 0.119 e. The van der Waals surface area contributed by atoms with Crippen molar-refractivity contribution in [3.05, 3.63) is 64.2 Å². The summed E-state index contributed by atoms with van der Waals surface area (Å²) in [5.74, 6) is 0.700. The minimum absolute atomic E-state index is 0.234. The van der Waals surface area contributed by atoms with Gasteiger partial charge in [-0.05, 0) is 49.2 Å². The summed E-state index contributed by atoms with van der Waals surface area (Å²) in [5.41, 5.74) is 3.76. The fourth-order valence-electron chi connectivity index (χ4n) is 2.74. The molecule has 142 valence electrons. The lowest BCUT2D eigenvalue weighted by atomic mass is 10.1. The molecule has 0 aliphatic heterocycles. The molecule has 0 bridgehead atoms. The van der Waals surface area contributed by atoms with Gasteiger partial charge in [0.25, 0.3) is 0 Å². The Balaban J connectivity index is 1.92. The standard InChI is InChI=1S/C21H28ClNO3/c1-16-4-5-17(2)18(12-16)13-23(10-11-25-3)14-20(24)15-26-21-8-6-19(22)7-9-21/h4-9,12,20,24H,10-11,13-15H2,1-3H3/t20-/m1/s1. The van der Waals surface area contributed by atoms with Crippen LogP contribution in [0.2, 0.25) is 5.02 Å². The molecule has 0 aliphatic rings. The number of methoxy groups -OCH3 is 1. The minimum atomic E-state index is -0.590. The maximum absolute atomic E-state index is 10.4. The number of rotatable bonds is 10. The number of ether oxygens (including phenoxy) is 2. The van der Waals surface area contributed by atoms with Crippen molar-refractivity contribution in [1.29, 1.82) is 0 Å². The first-order valence-corrected chi connectivity index (χ1v) is 9.19. The SMILES string of the molecule is COCCN(Cc1cc(C)ccc1C)C[C@@H](O)COc1ccc(Cl)cc1. The molecule has 1 N–H and O–H groups in total. The van der Waals surface area contributed by atoms with Crippen molar-refractivity contribution >= 4 is 11.6 Å². The van der Waals surface area contributed by atoms with E-state index in [1.165, 1.54) is 16.7 Å². The molecule has 5 heteroatoms. The highest BCUT2D eigenvalue weighted by Crippen LogP contribution is 2.16. The lowest BCUT2D eigenvalue weighted by Gasteiger charge is -2.26. The van der Waals surface area contributed by atoms with Crippen LogP contribution in [-0.4, -0.2) is 49.5 Å². The first kappa shape index (κ1) is 20.7. The monoisotopic (exact) mass is 377 g/mol. The summed E-state index contributed by atoms with van der Waals surface area (Å²) < 4.78 is 10.9. The zero-order valence-electron chi connectivity index (χ0n) is 15.7. The normalized spacial score (nSPS) is 12.4.